The Morgan fingerprint density at radius 1 is 1.33 bits per heavy atom. The van der Waals surface area contributed by atoms with Crippen molar-refractivity contribution in [1.29, 1.82) is 0 Å². The van der Waals surface area contributed by atoms with Crippen LogP contribution in [0.2, 0.25) is 0 Å². The Hall–Kier alpha value is -1.09. The van der Waals surface area contributed by atoms with Crippen molar-refractivity contribution in [1.82, 2.24) is 10.3 Å². The second-order valence-corrected chi connectivity index (χ2v) is 6.35. The molecule has 1 saturated carbocycles. The average molecular weight is 290 g/mol. The monoisotopic (exact) mass is 290 g/mol. The van der Waals surface area contributed by atoms with Gasteiger partial charge in [0.15, 0.2) is 0 Å². The fourth-order valence-electron chi connectivity index (χ4n) is 3.49. The van der Waals surface area contributed by atoms with Crippen molar-refractivity contribution < 1.29 is 4.74 Å². The van der Waals surface area contributed by atoms with Crippen molar-refractivity contribution in [3.05, 3.63) is 24.0 Å². The van der Waals surface area contributed by atoms with Gasteiger partial charge in [-0.25, -0.2) is 0 Å². The molecular weight excluding hydrogens is 260 g/mol. The van der Waals surface area contributed by atoms with Gasteiger partial charge in [-0.3, -0.25) is 4.98 Å². The van der Waals surface area contributed by atoms with E-state index in [1.165, 1.54) is 31.2 Å². The molecule has 1 aliphatic carbocycles. The summed E-state index contributed by atoms with van der Waals surface area (Å²) >= 11 is 0. The largest absolute Gasteiger partial charge is 0.492 e. The molecule has 3 nitrogen and oxygen atoms in total. The van der Waals surface area contributed by atoms with Gasteiger partial charge >= 0.3 is 0 Å². The Labute approximate surface area is 129 Å². The predicted molar refractivity (Wildman–Crippen MR) is 87.6 cm³/mol. The Balaban J connectivity index is 2.15. The van der Waals surface area contributed by atoms with Gasteiger partial charge in [0.05, 0.1) is 12.8 Å². The van der Waals surface area contributed by atoms with E-state index < -0.39 is 0 Å². The average Bonchev–Trinajstić information content (AvgIpc) is 2.49. The molecule has 1 aromatic rings. The van der Waals surface area contributed by atoms with Crippen LogP contribution < -0.4 is 10.1 Å². The third-order valence-corrected chi connectivity index (χ3v) is 4.47. The van der Waals surface area contributed by atoms with Crippen molar-refractivity contribution in [2.45, 2.75) is 58.9 Å². The predicted octanol–water partition coefficient (Wildman–Crippen LogP) is 4.35. The lowest BCUT2D eigenvalue weighted by Crippen LogP contribution is -2.32. The van der Waals surface area contributed by atoms with Crippen molar-refractivity contribution in [2.75, 3.05) is 13.2 Å². The summed E-state index contributed by atoms with van der Waals surface area (Å²) in [5, 5.41) is 3.75. The molecule has 1 fully saturated rings. The first-order chi connectivity index (χ1) is 10.2. The zero-order valence-electron chi connectivity index (χ0n) is 13.8. The number of ether oxygens (including phenoxy) is 1. The van der Waals surface area contributed by atoms with Gasteiger partial charge in [-0.15, -0.1) is 0 Å². The lowest BCUT2D eigenvalue weighted by atomic mass is 9.77. The number of aromatic nitrogens is 1. The highest BCUT2D eigenvalue weighted by Gasteiger charge is 2.27. The summed E-state index contributed by atoms with van der Waals surface area (Å²) in [7, 11) is 0. The van der Waals surface area contributed by atoms with Gasteiger partial charge in [-0.1, -0.05) is 26.7 Å². The third-order valence-electron chi connectivity index (χ3n) is 4.47. The van der Waals surface area contributed by atoms with Gasteiger partial charge in [-0.05, 0) is 56.2 Å². The first-order valence-electron chi connectivity index (χ1n) is 8.55. The van der Waals surface area contributed by atoms with Crippen LogP contribution in [0.1, 0.15) is 64.5 Å². The smallest absolute Gasteiger partial charge is 0.137 e. The molecular formula is C18H30N2O. The van der Waals surface area contributed by atoms with Crippen LogP contribution in [0.25, 0.3) is 0 Å². The van der Waals surface area contributed by atoms with E-state index in [4.69, 9.17) is 4.74 Å². The molecule has 0 aliphatic heterocycles. The van der Waals surface area contributed by atoms with Crippen molar-refractivity contribution in [3.8, 4) is 5.75 Å². The van der Waals surface area contributed by atoms with Crippen LogP contribution in [0, 0.1) is 11.8 Å². The molecule has 1 aromatic heterocycles. The highest BCUT2D eigenvalue weighted by atomic mass is 16.5. The van der Waals surface area contributed by atoms with Crippen LogP contribution in [0.15, 0.2) is 18.5 Å². The maximum atomic E-state index is 5.62. The molecule has 0 amide bonds. The van der Waals surface area contributed by atoms with E-state index in [1.807, 2.05) is 19.3 Å². The highest BCUT2D eigenvalue weighted by Crippen LogP contribution is 2.37. The van der Waals surface area contributed by atoms with Gasteiger partial charge < -0.3 is 10.1 Å². The molecule has 3 unspecified atom stereocenters. The van der Waals surface area contributed by atoms with E-state index in [1.54, 1.807) is 0 Å². The van der Waals surface area contributed by atoms with E-state index in [0.29, 0.717) is 12.6 Å². The van der Waals surface area contributed by atoms with Crippen LogP contribution >= 0.6 is 0 Å². The SMILES string of the molecule is CCCNC(c1cncc(OCC)c1)C1CCCC(C)C1. The molecule has 21 heavy (non-hydrogen) atoms. The fourth-order valence-corrected chi connectivity index (χ4v) is 3.49. The van der Waals surface area contributed by atoms with Crippen LogP contribution in [-0.4, -0.2) is 18.1 Å². The first-order valence-corrected chi connectivity index (χ1v) is 8.55. The van der Waals surface area contributed by atoms with E-state index in [0.717, 1.165) is 30.6 Å². The van der Waals surface area contributed by atoms with E-state index in [9.17, 15) is 0 Å². The lowest BCUT2D eigenvalue weighted by Gasteiger charge is -2.34. The molecule has 3 heteroatoms. The summed E-state index contributed by atoms with van der Waals surface area (Å²) in [5.74, 6) is 2.46. The Bertz CT molecular complexity index is 421. The van der Waals surface area contributed by atoms with Crippen molar-refractivity contribution >= 4 is 0 Å². The summed E-state index contributed by atoms with van der Waals surface area (Å²) in [5.41, 5.74) is 1.29. The molecule has 0 saturated heterocycles. The van der Waals surface area contributed by atoms with E-state index >= 15 is 0 Å². The maximum Gasteiger partial charge on any atom is 0.137 e. The van der Waals surface area contributed by atoms with Gasteiger partial charge in [0.25, 0.3) is 0 Å². The minimum Gasteiger partial charge on any atom is -0.492 e. The summed E-state index contributed by atoms with van der Waals surface area (Å²) < 4.78 is 5.62. The van der Waals surface area contributed by atoms with Gasteiger partial charge in [0.1, 0.15) is 5.75 Å². The normalized spacial score (nSPS) is 23.8. The number of pyridine rings is 1. The van der Waals surface area contributed by atoms with Crippen molar-refractivity contribution in [2.24, 2.45) is 11.8 Å². The summed E-state index contributed by atoms with van der Waals surface area (Å²) in [4.78, 5) is 4.38. The summed E-state index contributed by atoms with van der Waals surface area (Å²) in [6.45, 7) is 8.38. The minimum absolute atomic E-state index is 0.417. The quantitative estimate of drug-likeness (QED) is 0.810. The molecule has 1 heterocycles. The van der Waals surface area contributed by atoms with Crippen LogP contribution in [0.4, 0.5) is 0 Å². The first kappa shape index (κ1) is 16.3. The topological polar surface area (TPSA) is 34.2 Å². The molecule has 1 N–H and O–H groups in total. The molecule has 118 valence electrons. The zero-order chi connectivity index (χ0) is 15.1. The van der Waals surface area contributed by atoms with E-state index in [-0.39, 0.29) is 0 Å². The Morgan fingerprint density at radius 2 is 2.19 bits per heavy atom. The fraction of sp³-hybridized carbons (Fsp3) is 0.722. The molecule has 3 atom stereocenters. The standard InChI is InChI=1S/C18H30N2O/c1-4-9-20-18(15-8-6-7-14(3)10-15)16-11-17(21-5-2)13-19-12-16/h11-15,18,20H,4-10H2,1-3H3. The van der Waals surface area contributed by atoms with Crippen LogP contribution in [0.3, 0.4) is 0 Å². The molecule has 1 aliphatic rings. The highest BCUT2D eigenvalue weighted by molar-refractivity contribution is 5.26. The molecule has 0 radical (unpaired) electrons. The maximum absolute atomic E-state index is 5.62. The van der Waals surface area contributed by atoms with Gasteiger partial charge in [-0.2, -0.15) is 0 Å². The number of rotatable bonds is 7. The number of nitrogens with zero attached hydrogens (tertiary/aromatic N) is 1. The van der Waals surface area contributed by atoms with Crippen LogP contribution in [0.5, 0.6) is 5.75 Å². The second-order valence-electron chi connectivity index (χ2n) is 6.35. The molecule has 0 bridgehead atoms. The van der Waals surface area contributed by atoms with Gasteiger partial charge in [0, 0.05) is 12.2 Å². The van der Waals surface area contributed by atoms with E-state index in [2.05, 4.69) is 30.2 Å². The Kier molecular flexibility index (Phi) is 6.50. The lowest BCUT2D eigenvalue weighted by molar-refractivity contribution is 0.223. The summed E-state index contributed by atoms with van der Waals surface area (Å²) in [6.07, 6.45) is 10.4. The van der Waals surface area contributed by atoms with Crippen molar-refractivity contribution in [3.63, 3.8) is 0 Å². The molecule has 0 spiro atoms. The second kappa shape index (κ2) is 8.38. The zero-order valence-corrected chi connectivity index (χ0v) is 13.8. The number of hydrogen-bond acceptors (Lipinski definition) is 3. The minimum atomic E-state index is 0.417. The summed E-state index contributed by atoms with van der Waals surface area (Å²) in [6, 6.07) is 2.59. The third kappa shape index (κ3) is 4.70. The Morgan fingerprint density at radius 3 is 2.90 bits per heavy atom. The number of hydrogen-bond donors (Lipinski definition) is 1. The van der Waals surface area contributed by atoms with Crippen LogP contribution in [-0.2, 0) is 0 Å². The molecule has 0 aromatic carbocycles. The molecule has 2 rings (SSSR count). The van der Waals surface area contributed by atoms with Gasteiger partial charge in [0.2, 0.25) is 0 Å². The number of nitrogens with one attached hydrogen (secondary N) is 1.